The summed E-state index contributed by atoms with van der Waals surface area (Å²) < 4.78 is 13.1. The minimum absolute atomic E-state index is 0.0356. The Morgan fingerprint density at radius 1 is 0.632 bits per heavy atom. The van der Waals surface area contributed by atoms with Gasteiger partial charge >= 0.3 is 0 Å². The lowest BCUT2D eigenvalue weighted by Gasteiger charge is -2.43. The first-order valence-electron chi connectivity index (χ1n) is 6.67. The molecule has 2 rings (SSSR count). The van der Waals surface area contributed by atoms with Gasteiger partial charge in [-0.2, -0.15) is 0 Å². The summed E-state index contributed by atoms with van der Waals surface area (Å²) in [6, 6.07) is 17.3. The highest BCUT2D eigenvalue weighted by atomic mass is 19.1. The molecule has 0 nitrogen and oxygen atoms in total. The van der Waals surface area contributed by atoms with Gasteiger partial charge in [-0.05, 0) is 34.1 Å². The maximum absolute atomic E-state index is 13.1. The second-order valence-electron chi connectivity index (χ2n) is 6.12. The fraction of sp³-hybridized carbons (Fsp3) is 0.333. The second kappa shape index (κ2) is 4.80. The first-order chi connectivity index (χ1) is 8.85. The highest BCUT2D eigenvalue weighted by Crippen LogP contribution is 2.43. The molecule has 0 heterocycles. The van der Waals surface area contributed by atoms with Crippen LogP contribution in [-0.2, 0) is 10.8 Å². The Balaban J connectivity index is 2.46. The summed E-state index contributed by atoms with van der Waals surface area (Å²) in [7, 11) is 0. The van der Waals surface area contributed by atoms with Crippen molar-refractivity contribution in [3.05, 3.63) is 71.5 Å². The summed E-state index contributed by atoms with van der Waals surface area (Å²) in [5, 5.41) is 0. The van der Waals surface area contributed by atoms with Gasteiger partial charge in [-0.25, -0.2) is 4.39 Å². The first-order valence-corrected chi connectivity index (χ1v) is 6.67. The zero-order chi connectivity index (χ0) is 14.1. The van der Waals surface area contributed by atoms with E-state index in [0.717, 1.165) is 5.56 Å². The van der Waals surface area contributed by atoms with E-state index in [9.17, 15) is 4.39 Å². The lowest BCUT2D eigenvalue weighted by atomic mass is 9.61. The van der Waals surface area contributed by atoms with Crippen LogP contribution in [-0.4, -0.2) is 0 Å². The third-order valence-electron chi connectivity index (χ3n) is 4.62. The van der Waals surface area contributed by atoms with Gasteiger partial charge in [-0.3, -0.25) is 0 Å². The fourth-order valence-corrected chi connectivity index (χ4v) is 2.44. The van der Waals surface area contributed by atoms with Gasteiger partial charge in [0, 0.05) is 0 Å². The minimum atomic E-state index is -0.183. The van der Waals surface area contributed by atoms with Gasteiger partial charge in [-0.15, -0.1) is 0 Å². The van der Waals surface area contributed by atoms with Crippen molar-refractivity contribution in [2.24, 2.45) is 0 Å². The molecule has 0 spiro atoms. The van der Waals surface area contributed by atoms with E-state index in [1.54, 1.807) is 0 Å². The Morgan fingerprint density at radius 2 is 1.05 bits per heavy atom. The topological polar surface area (TPSA) is 0 Å². The Kier molecular flexibility index (Phi) is 3.49. The predicted molar refractivity (Wildman–Crippen MR) is 78.9 cm³/mol. The van der Waals surface area contributed by atoms with E-state index in [4.69, 9.17) is 0 Å². The van der Waals surface area contributed by atoms with E-state index in [2.05, 4.69) is 52.0 Å². The smallest absolute Gasteiger partial charge is 0.123 e. The van der Waals surface area contributed by atoms with E-state index in [0.29, 0.717) is 0 Å². The molecule has 0 fully saturated rings. The summed E-state index contributed by atoms with van der Waals surface area (Å²) in [5.41, 5.74) is 2.33. The molecule has 0 N–H and O–H groups in total. The van der Waals surface area contributed by atoms with Gasteiger partial charge in [0.15, 0.2) is 0 Å². The third kappa shape index (κ3) is 2.42. The van der Waals surface area contributed by atoms with Crippen LogP contribution < -0.4 is 0 Å². The molecule has 0 aliphatic heterocycles. The van der Waals surface area contributed by atoms with Crippen molar-refractivity contribution >= 4 is 0 Å². The lowest BCUT2D eigenvalue weighted by molar-refractivity contribution is 0.302. The quantitative estimate of drug-likeness (QED) is 0.718. The fourth-order valence-electron chi connectivity index (χ4n) is 2.44. The highest BCUT2D eigenvalue weighted by Gasteiger charge is 2.39. The SMILES string of the molecule is CC(C)(c1ccccc1)C(C)(C)c1ccc(F)cc1. The number of hydrogen-bond donors (Lipinski definition) is 0. The monoisotopic (exact) mass is 256 g/mol. The molecular formula is C18H21F. The molecule has 0 aliphatic carbocycles. The summed E-state index contributed by atoms with van der Waals surface area (Å²) in [5.74, 6) is -0.183. The Labute approximate surface area is 115 Å². The van der Waals surface area contributed by atoms with E-state index in [1.807, 2.05) is 18.2 Å². The average molecular weight is 256 g/mol. The lowest BCUT2D eigenvalue weighted by Crippen LogP contribution is -2.40. The number of halogens is 1. The normalized spacial score (nSPS) is 12.5. The summed E-state index contributed by atoms with van der Waals surface area (Å²) in [6.45, 7) is 8.91. The molecule has 0 radical (unpaired) electrons. The highest BCUT2D eigenvalue weighted by molar-refractivity contribution is 5.36. The molecule has 0 atom stereocenters. The van der Waals surface area contributed by atoms with Crippen LogP contribution in [0.3, 0.4) is 0 Å². The molecule has 0 amide bonds. The largest absolute Gasteiger partial charge is 0.207 e. The van der Waals surface area contributed by atoms with Gasteiger partial charge in [-0.1, -0.05) is 70.2 Å². The van der Waals surface area contributed by atoms with E-state index in [-0.39, 0.29) is 16.6 Å². The molecule has 19 heavy (non-hydrogen) atoms. The van der Waals surface area contributed by atoms with Gasteiger partial charge in [0.25, 0.3) is 0 Å². The molecular weight excluding hydrogens is 235 g/mol. The number of benzene rings is 2. The van der Waals surface area contributed by atoms with Crippen molar-refractivity contribution in [3.8, 4) is 0 Å². The van der Waals surface area contributed by atoms with Crippen LogP contribution in [0.5, 0.6) is 0 Å². The summed E-state index contributed by atoms with van der Waals surface area (Å²) in [4.78, 5) is 0. The molecule has 0 bridgehead atoms. The maximum Gasteiger partial charge on any atom is 0.123 e. The minimum Gasteiger partial charge on any atom is -0.207 e. The first kappa shape index (κ1) is 13.8. The molecule has 2 aromatic carbocycles. The zero-order valence-electron chi connectivity index (χ0n) is 12.1. The summed E-state index contributed by atoms with van der Waals surface area (Å²) >= 11 is 0. The van der Waals surface area contributed by atoms with Crippen molar-refractivity contribution in [3.63, 3.8) is 0 Å². The van der Waals surface area contributed by atoms with Crippen molar-refractivity contribution in [1.29, 1.82) is 0 Å². The van der Waals surface area contributed by atoms with Gasteiger partial charge in [0.05, 0.1) is 0 Å². The van der Waals surface area contributed by atoms with Crippen molar-refractivity contribution < 1.29 is 4.39 Å². The molecule has 0 aliphatic rings. The maximum atomic E-state index is 13.1. The molecule has 0 saturated carbocycles. The van der Waals surface area contributed by atoms with Crippen molar-refractivity contribution in [1.82, 2.24) is 0 Å². The van der Waals surface area contributed by atoms with Crippen molar-refractivity contribution in [2.75, 3.05) is 0 Å². The molecule has 0 saturated heterocycles. The molecule has 100 valence electrons. The van der Waals surface area contributed by atoms with Crippen LogP contribution in [0.2, 0.25) is 0 Å². The van der Waals surface area contributed by atoms with Crippen LogP contribution in [0.1, 0.15) is 38.8 Å². The molecule has 2 aromatic rings. The van der Waals surface area contributed by atoms with Crippen LogP contribution in [0.15, 0.2) is 54.6 Å². The van der Waals surface area contributed by atoms with E-state index < -0.39 is 0 Å². The Hall–Kier alpha value is -1.63. The van der Waals surface area contributed by atoms with Crippen LogP contribution >= 0.6 is 0 Å². The molecule has 1 heteroatoms. The standard InChI is InChI=1S/C18H21F/c1-17(2,14-8-6-5-7-9-14)18(3,4)15-10-12-16(19)13-11-15/h5-13H,1-4H3. The summed E-state index contributed by atoms with van der Waals surface area (Å²) in [6.07, 6.45) is 0. The van der Waals surface area contributed by atoms with Gasteiger partial charge < -0.3 is 0 Å². The number of hydrogen-bond acceptors (Lipinski definition) is 0. The number of rotatable bonds is 3. The average Bonchev–Trinajstić information content (AvgIpc) is 2.40. The van der Waals surface area contributed by atoms with Crippen LogP contribution in [0.4, 0.5) is 4.39 Å². The van der Waals surface area contributed by atoms with Gasteiger partial charge in [0.2, 0.25) is 0 Å². The van der Waals surface area contributed by atoms with E-state index >= 15 is 0 Å². The predicted octanol–water partition coefficient (Wildman–Crippen LogP) is 5.08. The third-order valence-corrected chi connectivity index (χ3v) is 4.62. The van der Waals surface area contributed by atoms with Gasteiger partial charge in [0.1, 0.15) is 5.82 Å². The second-order valence-corrected chi connectivity index (χ2v) is 6.12. The molecule has 0 unspecified atom stereocenters. The van der Waals surface area contributed by atoms with Crippen LogP contribution in [0.25, 0.3) is 0 Å². The molecule has 0 aromatic heterocycles. The zero-order valence-corrected chi connectivity index (χ0v) is 12.1. The Bertz CT molecular complexity index is 536. The van der Waals surface area contributed by atoms with Crippen LogP contribution in [0, 0.1) is 5.82 Å². The van der Waals surface area contributed by atoms with Crippen molar-refractivity contribution in [2.45, 2.75) is 38.5 Å². The van der Waals surface area contributed by atoms with E-state index in [1.165, 1.54) is 17.7 Å². The Morgan fingerprint density at radius 3 is 1.53 bits per heavy atom.